The van der Waals surface area contributed by atoms with Crippen LogP contribution in [0.2, 0.25) is 0 Å². The molecular weight excluding hydrogens is 314 g/mol. The maximum Gasteiger partial charge on any atom is 0.256 e. The zero-order valence-corrected chi connectivity index (χ0v) is 14.4. The second kappa shape index (κ2) is 7.21. The van der Waals surface area contributed by atoms with Gasteiger partial charge in [0.1, 0.15) is 0 Å². The summed E-state index contributed by atoms with van der Waals surface area (Å²) in [5.41, 5.74) is 3.69. The second-order valence-electron chi connectivity index (χ2n) is 6.17. The van der Waals surface area contributed by atoms with Crippen LogP contribution >= 0.6 is 0 Å². The third kappa shape index (κ3) is 3.88. The molecule has 0 fully saturated rings. The molecule has 5 nitrogen and oxygen atoms in total. The highest BCUT2D eigenvalue weighted by atomic mass is 16.2. The highest BCUT2D eigenvalue weighted by molar-refractivity contribution is 6.07. The molecule has 0 saturated carbocycles. The summed E-state index contributed by atoms with van der Waals surface area (Å²) in [5.74, 6) is -0.362. The monoisotopic (exact) mass is 335 g/mol. The van der Waals surface area contributed by atoms with Crippen molar-refractivity contribution in [3.05, 3.63) is 71.4 Å². The molecule has 0 spiro atoms. The van der Waals surface area contributed by atoms with Gasteiger partial charge in [-0.25, -0.2) is 0 Å². The molecule has 1 heterocycles. The van der Waals surface area contributed by atoms with Gasteiger partial charge in [0.05, 0.1) is 12.1 Å². The van der Waals surface area contributed by atoms with E-state index in [0.29, 0.717) is 12.1 Å². The first-order valence-corrected chi connectivity index (χ1v) is 8.18. The number of carbonyl (C=O) groups excluding carboxylic acids is 2. The fourth-order valence-electron chi connectivity index (χ4n) is 2.70. The number of nitrogens with zero attached hydrogens (tertiary/aromatic N) is 1. The predicted octanol–water partition coefficient (Wildman–Crippen LogP) is 2.86. The second-order valence-corrected chi connectivity index (χ2v) is 6.17. The van der Waals surface area contributed by atoms with Gasteiger partial charge in [-0.05, 0) is 18.6 Å². The maximum absolute atomic E-state index is 12.6. The number of hydrogen-bond donors (Lipinski definition) is 2. The quantitative estimate of drug-likeness (QED) is 0.753. The molecule has 0 unspecified atom stereocenters. The van der Waals surface area contributed by atoms with E-state index in [1.165, 1.54) is 10.5 Å². The molecule has 0 saturated heterocycles. The summed E-state index contributed by atoms with van der Waals surface area (Å²) in [7, 11) is 1.63. The Kier molecular flexibility index (Phi) is 4.84. The molecule has 3 rings (SSSR count). The van der Waals surface area contributed by atoms with Gasteiger partial charge < -0.3 is 15.2 Å². The fourth-order valence-corrected chi connectivity index (χ4v) is 2.70. The first-order valence-electron chi connectivity index (χ1n) is 8.18. The van der Waals surface area contributed by atoms with Crippen molar-refractivity contribution in [3.8, 4) is 0 Å². The number of nitrogens with one attached hydrogen (secondary N) is 2. The van der Waals surface area contributed by atoms with Crippen molar-refractivity contribution in [1.29, 1.82) is 0 Å². The SMILES string of the molecule is Cc1ccc(CNC(=O)CN(C)C(=O)c2c[nH]c3ccccc23)cc1. The number of para-hydroxylation sites is 1. The molecule has 0 aliphatic heterocycles. The summed E-state index contributed by atoms with van der Waals surface area (Å²) >= 11 is 0. The number of amides is 2. The highest BCUT2D eigenvalue weighted by Crippen LogP contribution is 2.18. The molecule has 25 heavy (non-hydrogen) atoms. The van der Waals surface area contributed by atoms with Crippen LogP contribution in [0.5, 0.6) is 0 Å². The summed E-state index contributed by atoms with van der Waals surface area (Å²) in [6, 6.07) is 15.6. The third-order valence-corrected chi connectivity index (χ3v) is 4.16. The van der Waals surface area contributed by atoms with Crippen LogP contribution in [-0.4, -0.2) is 35.3 Å². The zero-order chi connectivity index (χ0) is 17.8. The number of carbonyl (C=O) groups is 2. The van der Waals surface area contributed by atoms with E-state index in [4.69, 9.17) is 0 Å². The molecule has 1 aromatic heterocycles. The van der Waals surface area contributed by atoms with Crippen molar-refractivity contribution in [2.75, 3.05) is 13.6 Å². The number of hydrogen-bond acceptors (Lipinski definition) is 2. The van der Waals surface area contributed by atoms with E-state index in [1.54, 1.807) is 13.2 Å². The van der Waals surface area contributed by atoms with Gasteiger partial charge in [0.25, 0.3) is 5.91 Å². The van der Waals surface area contributed by atoms with Gasteiger partial charge in [-0.2, -0.15) is 0 Å². The van der Waals surface area contributed by atoms with E-state index in [-0.39, 0.29) is 18.4 Å². The van der Waals surface area contributed by atoms with E-state index < -0.39 is 0 Å². The Morgan fingerprint density at radius 3 is 2.56 bits per heavy atom. The van der Waals surface area contributed by atoms with Gasteiger partial charge >= 0.3 is 0 Å². The normalized spacial score (nSPS) is 10.6. The van der Waals surface area contributed by atoms with Gasteiger partial charge in [0.15, 0.2) is 0 Å². The minimum Gasteiger partial charge on any atom is -0.360 e. The van der Waals surface area contributed by atoms with Crippen LogP contribution in [-0.2, 0) is 11.3 Å². The number of aromatic nitrogens is 1. The van der Waals surface area contributed by atoms with E-state index in [1.807, 2.05) is 55.5 Å². The van der Waals surface area contributed by atoms with Crippen LogP contribution in [0.3, 0.4) is 0 Å². The number of aryl methyl sites for hydroxylation is 1. The Hall–Kier alpha value is -3.08. The van der Waals surface area contributed by atoms with Crippen LogP contribution in [0.25, 0.3) is 10.9 Å². The molecule has 0 atom stereocenters. The molecule has 5 heteroatoms. The van der Waals surface area contributed by atoms with Crippen LogP contribution in [0.1, 0.15) is 21.5 Å². The molecule has 2 N–H and O–H groups in total. The van der Waals surface area contributed by atoms with Gasteiger partial charge in [-0.1, -0.05) is 48.0 Å². The predicted molar refractivity (Wildman–Crippen MR) is 98.3 cm³/mol. The van der Waals surface area contributed by atoms with Crippen LogP contribution in [0.4, 0.5) is 0 Å². The van der Waals surface area contributed by atoms with Gasteiger partial charge in [0, 0.05) is 30.7 Å². The number of benzene rings is 2. The Morgan fingerprint density at radius 2 is 1.80 bits per heavy atom. The van der Waals surface area contributed by atoms with Crippen molar-refractivity contribution in [1.82, 2.24) is 15.2 Å². The number of aromatic amines is 1. The lowest BCUT2D eigenvalue weighted by atomic mass is 10.1. The first kappa shape index (κ1) is 16.8. The molecule has 0 radical (unpaired) electrons. The topological polar surface area (TPSA) is 65.2 Å². The Bertz CT molecular complexity index is 897. The van der Waals surface area contributed by atoms with Crippen molar-refractivity contribution in [2.45, 2.75) is 13.5 Å². The average molecular weight is 335 g/mol. The zero-order valence-electron chi connectivity index (χ0n) is 14.4. The lowest BCUT2D eigenvalue weighted by Crippen LogP contribution is -2.38. The summed E-state index contributed by atoms with van der Waals surface area (Å²) in [6.07, 6.45) is 1.69. The van der Waals surface area contributed by atoms with E-state index in [2.05, 4.69) is 10.3 Å². The summed E-state index contributed by atoms with van der Waals surface area (Å²) in [6.45, 7) is 2.49. The fraction of sp³-hybridized carbons (Fsp3) is 0.200. The van der Waals surface area contributed by atoms with E-state index >= 15 is 0 Å². The lowest BCUT2D eigenvalue weighted by Gasteiger charge is -2.16. The lowest BCUT2D eigenvalue weighted by molar-refractivity contribution is -0.121. The maximum atomic E-state index is 12.6. The highest BCUT2D eigenvalue weighted by Gasteiger charge is 2.18. The molecule has 0 aliphatic carbocycles. The largest absolute Gasteiger partial charge is 0.360 e. The third-order valence-electron chi connectivity index (χ3n) is 4.16. The first-order chi connectivity index (χ1) is 12.0. The molecule has 0 aliphatic rings. The number of likely N-dealkylation sites (N-methyl/N-ethyl adjacent to an activating group) is 1. The molecule has 3 aromatic rings. The van der Waals surface area contributed by atoms with Crippen molar-refractivity contribution < 1.29 is 9.59 Å². The minimum atomic E-state index is -0.184. The van der Waals surface area contributed by atoms with Crippen molar-refractivity contribution >= 4 is 22.7 Å². The molecule has 2 amide bonds. The number of rotatable bonds is 5. The minimum absolute atomic E-state index is 0.0181. The van der Waals surface area contributed by atoms with Gasteiger partial charge in [0.2, 0.25) is 5.91 Å². The smallest absolute Gasteiger partial charge is 0.256 e. The summed E-state index contributed by atoms with van der Waals surface area (Å²) in [4.78, 5) is 29.2. The Labute approximate surface area is 146 Å². The van der Waals surface area contributed by atoms with Crippen LogP contribution in [0, 0.1) is 6.92 Å². The molecule has 128 valence electrons. The standard InChI is InChI=1S/C20H21N3O2/c1-14-7-9-15(10-8-14)11-22-19(24)13-23(2)20(25)17-12-21-18-6-4-3-5-16(17)18/h3-10,12,21H,11,13H2,1-2H3,(H,22,24). The van der Waals surface area contributed by atoms with Gasteiger partial charge in [-0.15, -0.1) is 0 Å². The van der Waals surface area contributed by atoms with Crippen molar-refractivity contribution in [2.24, 2.45) is 0 Å². The average Bonchev–Trinajstić information content (AvgIpc) is 3.04. The molecule has 0 bridgehead atoms. The number of H-pyrrole nitrogens is 1. The number of fused-ring (bicyclic) bond motifs is 1. The summed E-state index contributed by atoms with van der Waals surface area (Å²) < 4.78 is 0. The summed E-state index contributed by atoms with van der Waals surface area (Å²) in [5, 5.41) is 3.71. The van der Waals surface area contributed by atoms with E-state index in [0.717, 1.165) is 16.5 Å². The molecular formula is C20H21N3O2. The van der Waals surface area contributed by atoms with Gasteiger partial charge in [-0.3, -0.25) is 9.59 Å². The molecule has 2 aromatic carbocycles. The van der Waals surface area contributed by atoms with E-state index in [9.17, 15) is 9.59 Å². The van der Waals surface area contributed by atoms with Crippen LogP contribution < -0.4 is 5.32 Å². The Morgan fingerprint density at radius 1 is 1.08 bits per heavy atom. The van der Waals surface area contributed by atoms with Crippen molar-refractivity contribution in [3.63, 3.8) is 0 Å². The Balaban J connectivity index is 1.59. The van der Waals surface area contributed by atoms with Crippen LogP contribution in [0.15, 0.2) is 54.7 Å².